The summed E-state index contributed by atoms with van der Waals surface area (Å²) in [4.78, 5) is 15.9. The van der Waals surface area contributed by atoms with E-state index in [1.807, 2.05) is 30.3 Å². The summed E-state index contributed by atoms with van der Waals surface area (Å²) in [6.45, 7) is 0. The van der Waals surface area contributed by atoms with Crippen molar-refractivity contribution in [1.82, 2.24) is 19.5 Å². The number of para-hydroxylation sites is 2. The zero-order valence-corrected chi connectivity index (χ0v) is 25.5. The minimum Gasteiger partial charge on any atom is -0.309 e. The Morgan fingerprint density at radius 2 is 1.00 bits per heavy atom. The first-order valence-electron chi connectivity index (χ1n) is 15.3. The Morgan fingerprint density at radius 1 is 0.413 bits per heavy atom. The monoisotopic (exact) mass is 606 g/mol. The van der Waals surface area contributed by atoms with Crippen LogP contribution in [0.2, 0.25) is 0 Å². The first-order chi connectivity index (χ1) is 22.8. The van der Waals surface area contributed by atoms with Gasteiger partial charge in [0.15, 0.2) is 17.5 Å². The van der Waals surface area contributed by atoms with Crippen LogP contribution in [0.15, 0.2) is 158 Å². The highest BCUT2D eigenvalue weighted by atomic mass is 32.1. The van der Waals surface area contributed by atoms with Crippen LogP contribution < -0.4 is 0 Å². The van der Waals surface area contributed by atoms with Crippen molar-refractivity contribution in [3.63, 3.8) is 0 Å². The Bertz CT molecular complexity index is 2480. The number of nitrogens with zero attached hydrogens (tertiary/aromatic N) is 4. The highest BCUT2D eigenvalue weighted by Gasteiger charge is 2.16. The van der Waals surface area contributed by atoms with Gasteiger partial charge in [-0.25, -0.2) is 15.0 Å². The van der Waals surface area contributed by atoms with E-state index in [-0.39, 0.29) is 0 Å². The molecule has 0 atom stereocenters. The van der Waals surface area contributed by atoms with Crippen LogP contribution >= 0.6 is 11.3 Å². The van der Waals surface area contributed by atoms with Gasteiger partial charge in [-0.3, -0.25) is 0 Å². The van der Waals surface area contributed by atoms with Gasteiger partial charge in [-0.15, -0.1) is 11.3 Å². The van der Waals surface area contributed by atoms with Gasteiger partial charge in [-0.2, -0.15) is 0 Å². The van der Waals surface area contributed by atoms with Gasteiger partial charge < -0.3 is 4.57 Å². The van der Waals surface area contributed by atoms with Gasteiger partial charge >= 0.3 is 0 Å². The second-order valence-electron chi connectivity index (χ2n) is 11.3. The molecule has 46 heavy (non-hydrogen) atoms. The summed E-state index contributed by atoms with van der Waals surface area (Å²) in [6.07, 6.45) is 0. The van der Waals surface area contributed by atoms with Crippen LogP contribution in [-0.2, 0) is 0 Å². The zero-order valence-electron chi connectivity index (χ0n) is 24.7. The smallest absolute Gasteiger partial charge is 0.174 e. The Labute approximate surface area is 269 Å². The van der Waals surface area contributed by atoms with Gasteiger partial charge in [0, 0.05) is 32.3 Å². The molecule has 9 rings (SSSR count). The maximum atomic E-state index is 4.99. The van der Waals surface area contributed by atoms with Crippen LogP contribution in [0.25, 0.3) is 82.2 Å². The molecule has 0 saturated heterocycles. The minimum atomic E-state index is 0.661. The molecule has 0 spiro atoms. The molecule has 6 aromatic carbocycles. The molecule has 0 unspecified atom stereocenters. The van der Waals surface area contributed by atoms with Crippen molar-refractivity contribution >= 4 is 43.2 Å². The number of benzene rings is 6. The van der Waals surface area contributed by atoms with Crippen molar-refractivity contribution in [2.24, 2.45) is 0 Å². The van der Waals surface area contributed by atoms with E-state index in [2.05, 4.69) is 132 Å². The number of rotatable bonds is 5. The Balaban J connectivity index is 1.13. The maximum absolute atomic E-state index is 4.99. The molecule has 3 heterocycles. The average Bonchev–Trinajstić information content (AvgIpc) is 3.72. The van der Waals surface area contributed by atoms with Crippen LogP contribution in [0.5, 0.6) is 0 Å². The van der Waals surface area contributed by atoms with Gasteiger partial charge in [0.05, 0.1) is 15.9 Å². The molecule has 3 aromatic heterocycles. The molecule has 0 amide bonds. The number of hydrogen-bond acceptors (Lipinski definition) is 4. The fourth-order valence-corrected chi connectivity index (χ4v) is 7.24. The fourth-order valence-electron chi connectivity index (χ4n) is 6.24. The van der Waals surface area contributed by atoms with Gasteiger partial charge in [-0.05, 0) is 59.0 Å². The standard InChI is InChI=1S/C41H26N4S/c1-3-11-28(12-4-1)39-42-40(44-41(43-39)38-26-31-13-7-10-18-37(31)46-38)29-21-19-27(20-22-29)30-23-24-36-34(25-30)33-16-8-9-17-35(33)45(36)32-14-5-2-6-15-32/h1-26H. The number of fused-ring (bicyclic) bond motifs is 4. The van der Waals surface area contributed by atoms with Crippen molar-refractivity contribution < 1.29 is 0 Å². The lowest BCUT2D eigenvalue weighted by Crippen LogP contribution is -1.99. The first-order valence-corrected chi connectivity index (χ1v) is 16.1. The molecule has 9 aromatic rings. The van der Waals surface area contributed by atoms with Gasteiger partial charge in [0.25, 0.3) is 0 Å². The summed E-state index contributed by atoms with van der Waals surface area (Å²) in [5.74, 6) is 2.02. The molecule has 0 saturated carbocycles. The van der Waals surface area contributed by atoms with E-state index in [0.717, 1.165) is 27.3 Å². The molecule has 5 heteroatoms. The molecule has 0 aliphatic heterocycles. The van der Waals surface area contributed by atoms with E-state index >= 15 is 0 Å². The third kappa shape index (κ3) is 4.57. The summed E-state index contributed by atoms with van der Waals surface area (Å²) in [7, 11) is 0. The van der Waals surface area contributed by atoms with Crippen molar-refractivity contribution in [3.05, 3.63) is 158 Å². The van der Waals surface area contributed by atoms with Crippen molar-refractivity contribution in [1.29, 1.82) is 0 Å². The predicted octanol–water partition coefficient (Wildman–Crippen LogP) is 10.9. The maximum Gasteiger partial charge on any atom is 0.174 e. The van der Waals surface area contributed by atoms with Crippen molar-refractivity contribution in [2.45, 2.75) is 0 Å². The van der Waals surface area contributed by atoms with Crippen LogP contribution in [0.1, 0.15) is 0 Å². The van der Waals surface area contributed by atoms with Gasteiger partial charge in [0.1, 0.15) is 0 Å². The molecule has 0 fully saturated rings. The Morgan fingerprint density at radius 3 is 1.78 bits per heavy atom. The molecule has 0 aliphatic rings. The normalized spacial score (nSPS) is 11.5. The van der Waals surface area contributed by atoms with Crippen LogP contribution in [0.4, 0.5) is 0 Å². The predicted molar refractivity (Wildman–Crippen MR) is 191 cm³/mol. The molecule has 216 valence electrons. The minimum absolute atomic E-state index is 0.661. The van der Waals surface area contributed by atoms with E-state index in [9.17, 15) is 0 Å². The van der Waals surface area contributed by atoms with E-state index in [0.29, 0.717) is 17.5 Å². The van der Waals surface area contributed by atoms with Crippen molar-refractivity contribution in [3.8, 4) is 50.3 Å². The highest BCUT2D eigenvalue weighted by molar-refractivity contribution is 7.22. The third-order valence-corrected chi connectivity index (χ3v) is 9.59. The van der Waals surface area contributed by atoms with Crippen LogP contribution in [-0.4, -0.2) is 19.5 Å². The second kappa shape index (κ2) is 10.9. The SMILES string of the molecule is c1ccc(-c2nc(-c3ccc(-c4ccc5c(c4)c4ccccc4n5-c4ccccc4)cc3)nc(-c3cc4ccccc4s3)n2)cc1. The molecule has 0 N–H and O–H groups in total. The Kier molecular flexibility index (Phi) is 6.28. The number of hydrogen-bond donors (Lipinski definition) is 0. The van der Waals surface area contributed by atoms with Gasteiger partial charge in [0.2, 0.25) is 0 Å². The van der Waals surface area contributed by atoms with Crippen LogP contribution in [0.3, 0.4) is 0 Å². The summed E-state index contributed by atoms with van der Waals surface area (Å²) in [6, 6.07) is 55.2. The molecule has 0 bridgehead atoms. The second-order valence-corrected chi connectivity index (χ2v) is 12.4. The van der Waals surface area contributed by atoms with E-state index in [1.54, 1.807) is 11.3 Å². The lowest BCUT2D eigenvalue weighted by molar-refractivity contribution is 1.08. The topological polar surface area (TPSA) is 43.6 Å². The highest BCUT2D eigenvalue weighted by Crippen LogP contribution is 2.36. The third-order valence-electron chi connectivity index (χ3n) is 8.48. The molecule has 4 nitrogen and oxygen atoms in total. The fraction of sp³-hybridized carbons (Fsp3) is 0. The largest absolute Gasteiger partial charge is 0.309 e. The lowest BCUT2D eigenvalue weighted by Gasteiger charge is -2.09. The summed E-state index contributed by atoms with van der Waals surface area (Å²) >= 11 is 1.71. The van der Waals surface area contributed by atoms with E-state index < -0.39 is 0 Å². The number of aromatic nitrogens is 4. The van der Waals surface area contributed by atoms with E-state index in [4.69, 9.17) is 15.0 Å². The van der Waals surface area contributed by atoms with Crippen molar-refractivity contribution in [2.75, 3.05) is 0 Å². The number of thiophene rings is 1. The Hall–Kier alpha value is -5.91. The summed E-state index contributed by atoms with van der Waals surface area (Å²) in [5, 5.41) is 3.67. The average molecular weight is 607 g/mol. The molecular weight excluding hydrogens is 581 g/mol. The summed E-state index contributed by atoms with van der Waals surface area (Å²) < 4.78 is 3.56. The van der Waals surface area contributed by atoms with Gasteiger partial charge in [-0.1, -0.05) is 115 Å². The molecule has 0 aliphatic carbocycles. The molecular formula is C41H26N4S. The lowest BCUT2D eigenvalue weighted by atomic mass is 10.0. The first kappa shape index (κ1) is 26.5. The van der Waals surface area contributed by atoms with Crippen LogP contribution in [0, 0.1) is 0 Å². The van der Waals surface area contributed by atoms with E-state index in [1.165, 1.54) is 37.5 Å². The molecule has 0 radical (unpaired) electrons. The quantitative estimate of drug-likeness (QED) is 0.196. The zero-order chi connectivity index (χ0) is 30.5. The summed E-state index contributed by atoms with van der Waals surface area (Å²) in [5.41, 5.74) is 7.79.